The average Bonchev–Trinajstić information content (AvgIpc) is 2.64. The monoisotopic (exact) mass is 394 g/mol. The van der Waals surface area contributed by atoms with Gasteiger partial charge in [0.1, 0.15) is 24.4 Å². The van der Waals surface area contributed by atoms with E-state index in [1.807, 2.05) is 0 Å². The number of aliphatic hydroxyl groups is 4. The highest BCUT2D eigenvalue weighted by Crippen LogP contribution is 2.30. The second kappa shape index (κ2) is 9.54. The zero-order valence-corrected chi connectivity index (χ0v) is 15.6. The van der Waals surface area contributed by atoms with Crippen molar-refractivity contribution < 1.29 is 44.2 Å². The summed E-state index contributed by atoms with van der Waals surface area (Å²) >= 11 is 0. The molecule has 0 aromatic carbocycles. The molecule has 1 amide bonds. The molecule has 0 aromatic heterocycles. The number of hydrogen-bond donors (Lipinski definition) is 6. The van der Waals surface area contributed by atoms with Gasteiger partial charge in [0, 0.05) is 20.0 Å². The first kappa shape index (κ1) is 22.4. The summed E-state index contributed by atoms with van der Waals surface area (Å²) in [7, 11) is 1.35. The minimum absolute atomic E-state index is 0.372. The molecular formula is C16H30N2O9. The first-order chi connectivity index (χ1) is 12.7. The summed E-state index contributed by atoms with van der Waals surface area (Å²) in [5.41, 5.74) is 5.90. The summed E-state index contributed by atoms with van der Waals surface area (Å²) in [4.78, 5) is 11.5. The molecule has 2 aliphatic rings. The number of nitrogens with one attached hydrogen (secondary N) is 1. The molecule has 2 saturated heterocycles. The van der Waals surface area contributed by atoms with E-state index in [4.69, 9.17) is 24.7 Å². The highest BCUT2D eigenvalue weighted by molar-refractivity contribution is 5.73. The molecule has 10 atom stereocenters. The third-order valence-electron chi connectivity index (χ3n) is 5.07. The second-order valence-electron chi connectivity index (χ2n) is 6.93. The number of ether oxygens (including phenoxy) is 4. The number of methoxy groups -OCH3 is 1. The van der Waals surface area contributed by atoms with Crippen LogP contribution < -0.4 is 11.1 Å². The Morgan fingerprint density at radius 3 is 2.22 bits per heavy atom. The van der Waals surface area contributed by atoms with Crippen LogP contribution in [0.1, 0.15) is 13.8 Å². The maximum absolute atomic E-state index is 11.5. The SMILES string of the molecule is COC1OC(CO)C(OC2OC(CO)C(C)C(O)C2NC(C)=O)C(O)C1N. The third kappa shape index (κ3) is 4.75. The van der Waals surface area contributed by atoms with Gasteiger partial charge in [0.15, 0.2) is 12.6 Å². The van der Waals surface area contributed by atoms with Gasteiger partial charge in [-0.25, -0.2) is 0 Å². The molecule has 158 valence electrons. The smallest absolute Gasteiger partial charge is 0.217 e. The van der Waals surface area contributed by atoms with Crippen LogP contribution in [0.3, 0.4) is 0 Å². The summed E-state index contributed by atoms with van der Waals surface area (Å²) in [6.45, 7) is 2.09. The summed E-state index contributed by atoms with van der Waals surface area (Å²) in [6, 6.07) is -1.91. The standard InChI is InChI=1S/C16H30N2O9/c1-6-8(4-19)25-16(11(12(6)22)18-7(2)21)27-14-9(5-20)26-15(24-3)10(17)13(14)23/h6,8-16,19-20,22-23H,4-5,17H2,1-3H3,(H,18,21). The quantitative estimate of drug-likeness (QED) is 0.267. The van der Waals surface area contributed by atoms with Crippen molar-refractivity contribution in [2.24, 2.45) is 11.7 Å². The second-order valence-corrected chi connectivity index (χ2v) is 6.93. The fourth-order valence-corrected chi connectivity index (χ4v) is 3.43. The number of hydrogen-bond acceptors (Lipinski definition) is 10. The molecule has 11 heteroatoms. The van der Waals surface area contributed by atoms with Gasteiger partial charge in [0.05, 0.1) is 31.5 Å². The number of carbonyl (C=O) groups is 1. The van der Waals surface area contributed by atoms with Crippen LogP contribution in [0.4, 0.5) is 0 Å². The summed E-state index contributed by atoms with van der Waals surface area (Å²) in [5.74, 6) is -0.894. The van der Waals surface area contributed by atoms with Crippen molar-refractivity contribution in [1.29, 1.82) is 0 Å². The average molecular weight is 394 g/mol. The van der Waals surface area contributed by atoms with E-state index in [1.54, 1.807) is 6.92 Å². The highest BCUT2D eigenvalue weighted by Gasteiger charge is 2.50. The van der Waals surface area contributed by atoms with Gasteiger partial charge in [-0.3, -0.25) is 4.79 Å². The number of aliphatic hydroxyl groups excluding tert-OH is 4. The Bertz CT molecular complexity index is 495. The Morgan fingerprint density at radius 1 is 1.11 bits per heavy atom. The highest BCUT2D eigenvalue weighted by atomic mass is 16.7. The largest absolute Gasteiger partial charge is 0.394 e. The van der Waals surface area contributed by atoms with E-state index in [-0.39, 0.29) is 6.61 Å². The third-order valence-corrected chi connectivity index (χ3v) is 5.07. The summed E-state index contributed by atoms with van der Waals surface area (Å²) in [6.07, 6.45) is -7.32. The number of rotatable bonds is 6. The molecule has 2 fully saturated rings. The first-order valence-electron chi connectivity index (χ1n) is 8.84. The lowest BCUT2D eigenvalue weighted by molar-refractivity contribution is -0.323. The molecule has 0 aliphatic carbocycles. The first-order valence-corrected chi connectivity index (χ1v) is 8.84. The Hall–Kier alpha value is -0.890. The minimum Gasteiger partial charge on any atom is -0.394 e. The minimum atomic E-state index is -1.27. The van der Waals surface area contributed by atoms with E-state index in [9.17, 15) is 25.2 Å². The van der Waals surface area contributed by atoms with Crippen molar-refractivity contribution in [2.45, 2.75) is 69.0 Å². The zero-order chi connectivity index (χ0) is 20.3. The predicted octanol–water partition coefficient (Wildman–Crippen LogP) is -3.36. The molecule has 11 nitrogen and oxygen atoms in total. The normalized spacial score (nSPS) is 45.5. The van der Waals surface area contributed by atoms with Crippen LogP contribution in [0.5, 0.6) is 0 Å². The van der Waals surface area contributed by atoms with Crippen LogP contribution in [0.2, 0.25) is 0 Å². The maximum atomic E-state index is 11.5. The van der Waals surface area contributed by atoms with Crippen LogP contribution >= 0.6 is 0 Å². The lowest BCUT2D eigenvalue weighted by Gasteiger charge is -2.47. The van der Waals surface area contributed by atoms with Crippen molar-refractivity contribution in [3.8, 4) is 0 Å². The molecule has 0 bridgehead atoms. The van der Waals surface area contributed by atoms with Gasteiger partial charge < -0.3 is 50.4 Å². The van der Waals surface area contributed by atoms with E-state index in [0.29, 0.717) is 0 Å². The van der Waals surface area contributed by atoms with Crippen LogP contribution in [0, 0.1) is 5.92 Å². The van der Waals surface area contributed by atoms with Gasteiger partial charge in [-0.15, -0.1) is 0 Å². The molecule has 2 rings (SSSR count). The number of amides is 1. The zero-order valence-electron chi connectivity index (χ0n) is 15.6. The van der Waals surface area contributed by atoms with Gasteiger partial charge in [0.25, 0.3) is 0 Å². The van der Waals surface area contributed by atoms with E-state index < -0.39 is 73.6 Å². The molecule has 2 aliphatic heterocycles. The molecular weight excluding hydrogens is 364 g/mol. The van der Waals surface area contributed by atoms with Crippen LogP contribution in [0.25, 0.3) is 0 Å². The molecule has 0 spiro atoms. The lowest BCUT2D eigenvalue weighted by atomic mass is 9.89. The maximum Gasteiger partial charge on any atom is 0.217 e. The molecule has 0 saturated carbocycles. The molecule has 0 radical (unpaired) electrons. The molecule has 2 heterocycles. The van der Waals surface area contributed by atoms with Crippen molar-refractivity contribution in [1.82, 2.24) is 5.32 Å². The van der Waals surface area contributed by atoms with Gasteiger partial charge in [0.2, 0.25) is 5.91 Å². The van der Waals surface area contributed by atoms with Crippen LogP contribution in [0.15, 0.2) is 0 Å². The van der Waals surface area contributed by atoms with Crippen molar-refractivity contribution in [3.63, 3.8) is 0 Å². The van der Waals surface area contributed by atoms with Crippen molar-refractivity contribution in [2.75, 3.05) is 20.3 Å². The fourth-order valence-electron chi connectivity index (χ4n) is 3.43. The van der Waals surface area contributed by atoms with E-state index in [1.165, 1.54) is 14.0 Å². The van der Waals surface area contributed by atoms with Gasteiger partial charge >= 0.3 is 0 Å². The molecule has 7 N–H and O–H groups in total. The fraction of sp³-hybridized carbons (Fsp3) is 0.938. The van der Waals surface area contributed by atoms with Gasteiger partial charge in [-0.1, -0.05) is 6.92 Å². The van der Waals surface area contributed by atoms with Crippen LogP contribution in [-0.2, 0) is 23.7 Å². The number of carbonyl (C=O) groups excluding carboxylic acids is 1. The Kier molecular flexibility index (Phi) is 7.92. The Labute approximate surface area is 157 Å². The summed E-state index contributed by atoms with van der Waals surface area (Å²) in [5, 5.41) is 42.7. The Balaban J connectivity index is 2.22. The van der Waals surface area contributed by atoms with Gasteiger partial charge in [-0.05, 0) is 0 Å². The number of nitrogens with two attached hydrogens (primary N) is 1. The van der Waals surface area contributed by atoms with Crippen molar-refractivity contribution >= 4 is 5.91 Å². The van der Waals surface area contributed by atoms with Crippen molar-refractivity contribution in [3.05, 3.63) is 0 Å². The van der Waals surface area contributed by atoms with Gasteiger partial charge in [-0.2, -0.15) is 0 Å². The predicted molar refractivity (Wildman–Crippen MR) is 90.1 cm³/mol. The Morgan fingerprint density at radius 2 is 1.70 bits per heavy atom. The van der Waals surface area contributed by atoms with Crippen LogP contribution in [-0.4, -0.2) is 102 Å². The molecule has 27 heavy (non-hydrogen) atoms. The topological polar surface area (TPSA) is 173 Å². The van der Waals surface area contributed by atoms with E-state index in [2.05, 4.69) is 5.32 Å². The van der Waals surface area contributed by atoms with E-state index in [0.717, 1.165) is 0 Å². The summed E-state index contributed by atoms with van der Waals surface area (Å²) < 4.78 is 22.0. The lowest BCUT2D eigenvalue weighted by Crippen LogP contribution is -2.67. The molecule has 0 aromatic rings. The molecule has 10 unspecified atom stereocenters. The van der Waals surface area contributed by atoms with E-state index >= 15 is 0 Å².